The maximum Gasteiger partial charge on any atom is 0.349 e. The predicted molar refractivity (Wildman–Crippen MR) is 167 cm³/mol. The zero-order valence-corrected chi connectivity index (χ0v) is 25.8. The molecule has 0 saturated carbocycles. The Labute approximate surface area is 274 Å². The molecule has 250 valence electrons. The van der Waals surface area contributed by atoms with Crippen molar-refractivity contribution in [2.75, 3.05) is 26.2 Å². The number of hydrogen-bond donors (Lipinski definition) is 3. The van der Waals surface area contributed by atoms with Gasteiger partial charge >= 0.3 is 23.9 Å². The predicted octanol–water partition coefficient (Wildman–Crippen LogP) is 2.69. The molecule has 1 saturated heterocycles. The smallest absolute Gasteiger partial charge is 0.349 e. The number of carbonyl (C=O) groups excluding carboxylic acids is 2. The number of rotatable bonds is 13. The quantitative estimate of drug-likeness (QED) is 0.0790. The zero-order chi connectivity index (χ0) is 34.2. The molecule has 0 amide bonds. The summed E-state index contributed by atoms with van der Waals surface area (Å²) in [5.74, 6) is -5.63. The van der Waals surface area contributed by atoms with E-state index in [0.717, 1.165) is 13.1 Å². The van der Waals surface area contributed by atoms with Crippen molar-refractivity contribution in [1.82, 2.24) is 4.90 Å². The number of aliphatic hydroxyl groups excluding tert-OH is 1. The van der Waals surface area contributed by atoms with Crippen molar-refractivity contribution in [2.24, 2.45) is 5.16 Å². The molecule has 14 nitrogen and oxygen atoms in total. The molecule has 0 unspecified atom stereocenters. The van der Waals surface area contributed by atoms with Gasteiger partial charge in [0.2, 0.25) is 12.2 Å². The Morgan fingerprint density at radius 2 is 1.30 bits per heavy atom. The molecule has 0 spiro atoms. The second kappa shape index (κ2) is 18.8. The highest BCUT2D eigenvalue weighted by Crippen LogP contribution is 2.14. The minimum Gasteiger partial charge on any atom is -0.619 e. The highest BCUT2D eigenvalue weighted by molar-refractivity contribution is 6.69. The number of carboxylic acids is 2. The van der Waals surface area contributed by atoms with Crippen LogP contribution in [0.2, 0.25) is 0 Å². The zero-order valence-electron chi connectivity index (χ0n) is 25.1. The number of halogens is 1. The summed E-state index contributed by atoms with van der Waals surface area (Å²) in [6.07, 6.45) is 1.26. The maximum atomic E-state index is 12.0. The Morgan fingerprint density at radius 1 is 0.809 bits per heavy atom. The number of aromatic nitrogens is 1. The van der Waals surface area contributed by atoms with Crippen molar-refractivity contribution in [1.29, 1.82) is 0 Å². The largest absolute Gasteiger partial charge is 0.619 e. The molecule has 15 heteroatoms. The van der Waals surface area contributed by atoms with E-state index in [1.807, 2.05) is 0 Å². The number of aliphatic hydroxyl groups is 1. The van der Waals surface area contributed by atoms with Crippen LogP contribution < -0.4 is 4.73 Å². The second-order valence-corrected chi connectivity index (χ2v) is 10.6. The lowest BCUT2D eigenvalue weighted by molar-refractivity contribution is -0.605. The van der Waals surface area contributed by atoms with Gasteiger partial charge < -0.3 is 39.7 Å². The van der Waals surface area contributed by atoms with E-state index in [-0.39, 0.29) is 22.9 Å². The molecule has 1 aliphatic rings. The molecule has 0 bridgehead atoms. The van der Waals surface area contributed by atoms with E-state index in [1.165, 1.54) is 80.2 Å². The molecule has 1 aliphatic heterocycles. The third-order valence-corrected chi connectivity index (χ3v) is 6.88. The molecule has 0 radical (unpaired) electrons. The van der Waals surface area contributed by atoms with Crippen molar-refractivity contribution >= 4 is 40.6 Å². The van der Waals surface area contributed by atoms with E-state index < -0.39 is 42.2 Å². The normalized spacial score (nSPS) is 15.1. The number of pyridine rings is 1. The number of carbonyl (C=O) groups is 4. The van der Waals surface area contributed by atoms with Crippen LogP contribution in [0, 0.1) is 5.21 Å². The number of oxime groups is 1. The van der Waals surface area contributed by atoms with E-state index in [9.17, 15) is 39.7 Å². The van der Waals surface area contributed by atoms with Crippen molar-refractivity contribution in [3.05, 3.63) is 107 Å². The van der Waals surface area contributed by atoms with Gasteiger partial charge in [0, 0.05) is 12.6 Å². The van der Waals surface area contributed by atoms with E-state index in [2.05, 4.69) is 10.1 Å². The summed E-state index contributed by atoms with van der Waals surface area (Å²) in [6, 6.07) is 18.1. The van der Waals surface area contributed by atoms with Crippen molar-refractivity contribution in [3.8, 4) is 0 Å². The van der Waals surface area contributed by atoms with E-state index >= 15 is 0 Å². The third kappa shape index (κ3) is 12.3. The van der Waals surface area contributed by atoms with Gasteiger partial charge in [0.05, 0.1) is 16.7 Å². The molecule has 0 aliphatic carbocycles. The van der Waals surface area contributed by atoms with Gasteiger partial charge in [-0.3, -0.25) is 0 Å². The molecule has 1 aromatic heterocycles. The molecule has 47 heavy (non-hydrogen) atoms. The van der Waals surface area contributed by atoms with Crippen LogP contribution in [0.25, 0.3) is 0 Å². The number of aliphatic carboxylic acids is 2. The van der Waals surface area contributed by atoms with E-state index in [1.54, 1.807) is 24.3 Å². The number of likely N-dealkylation sites (tertiary alicyclic amines) is 1. The average Bonchev–Trinajstić information content (AvgIpc) is 3.07. The van der Waals surface area contributed by atoms with Crippen LogP contribution in [0.5, 0.6) is 0 Å². The highest BCUT2D eigenvalue weighted by Gasteiger charge is 2.41. The van der Waals surface area contributed by atoms with Crippen LogP contribution in [0.1, 0.15) is 45.5 Å². The molecule has 3 aromatic rings. The number of benzene rings is 2. The molecule has 1 fully saturated rings. The average molecular weight is 672 g/mol. The first-order valence-electron chi connectivity index (χ1n) is 14.5. The summed E-state index contributed by atoms with van der Waals surface area (Å²) in [4.78, 5) is 54.1. The molecular weight excluding hydrogens is 638 g/mol. The van der Waals surface area contributed by atoms with Crippen molar-refractivity contribution in [2.45, 2.75) is 37.6 Å². The van der Waals surface area contributed by atoms with Gasteiger partial charge in [-0.05, 0) is 56.3 Å². The van der Waals surface area contributed by atoms with Crippen molar-refractivity contribution < 1.29 is 53.5 Å². The van der Waals surface area contributed by atoms with E-state index in [0.29, 0.717) is 16.8 Å². The molecular formula is C32H34ClN3O11. The maximum absolute atomic E-state index is 12.0. The number of esters is 2. The Kier molecular flexibility index (Phi) is 14.6. The molecule has 3 atom stereocenters. The Hall–Kier alpha value is -5.05. The van der Waals surface area contributed by atoms with E-state index in [4.69, 9.17) is 25.9 Å². The number of carboxylic acid groups (broad SMARTS) is 2. The first-order chi connectivity index (χ1) is 22.5. The van der Waals surface area contributed by atoms with Gasteiger partial charge in [0.1, 0.15) is 12.7 Å². The highest BCUT2D eigenvalue weighted by atomic mass is 35.5. The van der Waals surface area contributed by atoms with Crippen molar-refractivity contribution in [3.63, 3.8) is 0 Å². The van der Waals surface area contributed by atoms with Crippen LogP contribution in [0.3, 0.4) is 0 Å². The first-order valence-corrected chi connectivity index (χ1v) is 14.9. The SMILES string of the molecule is O=C(O[C@@H](C(=O)O)[C@@H](OC(=O)c1ccccc1)C(=O)O)c1ccccc1.[O-][n+]1cccc(C(Cl)=NOC[C@H](O)CN2CCCCC2)c1. The Bertz CT molecular complexity index is 1430. The molecule has 2 aromatic carbocycles. The lowest BCUT2D eigenvalue weighted by Gasteiger charge is -2.27. The van der Waals surface area contributed by atoms with Crippen LogP contribution in [-0.2, 0) is 23.9 Å². The van der Waals surface area contributed by atoms with Gasteiger partial charge in [-0.2, -0.15) is 4.73 Å². The van der Waals surface area contributed by atoms with Gasteiger partial charge in [0.15, 0.2) is 17.6 Å². The lowest BCUT2D eigenvalue weighted by atomic mass is 10.1. The Morgan fingerprint density at radius 3 is 1.77 bits per heavy atom. The summed E-state index contributed by atoms with van der Waals surface area (Å²) >= 11 is 5.93. The number of hydrogen-bond acceptors (Lipinski definition) is 11. The van der Waals surface area contributed by atoms with Gasteiger partial charge in [0.25, 0.3) is 0 Å². The minimum absolute atomic E-state index is 0.0253. The second-order valence-electron chi connectivity index (χ2n) is 10.2. The third-order valence-electron chi connectivity index (χ3n) is 6.59. The van der Waals surface area contributed by atoms with Gasteiger partial charge in [-0.15, -0.1) is 0 Å². The fraction of sp³-hybridized carbons (Fsp3) is 0.312. The monoisotopic (exact) mass is 671 g/mol. The fourth-order valence-electron chi connectivity index (χ4n) is 4.30. The minimum atomic E-state index is -2.21. The first kappa shape index (κ1) is 36.4. The summed E-state index contributed by atoms with van der Waals surface area (Å²) in [5, 5.41) is 43.3. The number of β-amino-alcohol motifs (C(OH)–C–C–N with tert-alkyl or cyclic N) is 1. The molecule has 4 rings (SSSR count). The summed E-state index contributed by atoms with van der Waals surface area (Å²) < 4.78 is 10.2. The molecule has 2 heterocycles. The van der Waals surface area contributed by atoms with Crippen LogP contribution >= 0.6 is 11.6 Å². The molecule has 3 N–H and O–H groups in total. The summed E-state index contributed by atoms with van der Waals surface area (Å²) in [7, 11) is 0. The Balaban J connectivity index is 0.000000261. The number of piperidine rings is 1. The van der Waals surface area contributed by atoms with Crippen LogP contribution in [0.15, 0.2) is 90.3 Å². The fourth-order valence-corrected chi connectivity index (χ4v) is 4.46. The topological polar surface area (TPSA) is 199 Å². The standard InChI is InChI=1S/C18H14O8.C14H20ClN3O3/c19-15(20)13(25-17(23)11-7-3-1-4-8-11)14(16(21)22)26-18(24)12-9-5-2-6-10-12;15-14(12-5-4-8-18(20)9-12)16-21-11-13(19)10-17-6-2-1-3-7-17/h1-10,13-14H,(H,19,20)(H,21,22);4-5,8-9,13,19H,1-3,6-7,10-11H2/t13-,14-;13-/m11/s1. The summed E-state index contributed by atoms with van der Waals surface area (Å²) in [6.45, 7) is 2.71. The number of ether oxygens (including phenoxy) is 2. The summed E-state index contributed by atoms with van der Waals surface area (Å²) in [5.41, 5.74) is 0.522. The number of nitrogens with zero attached hydrogens (tertiary/aromatic N) is 3. The van der Waals surface area contributed by atoms with Gasteiger partial charge in [-0.25, -0.2) is 19.2 Å². The van der Waals surface area contributed by atoms with Gasteiger partial charge in [-0.1, -0.05) is 59.6 Å². The lowest BCUT2D eigenvalue weighted by Crippen LogP contribution is -2.45. The van der Waals surface area contributed by atoms with Crippen LogP contribution in [0.4, 0.5) is 0 Å². The van der Waals surface area contributed by atoms with Crippen LogP contribution in [-0.4, -0.2) is 93.8 Å².